The minimum Gasteiger partial charge on any atom is -0.382 e. The van der Waals surface area contributed by atoms with Crippen LogP contribution >= 0.6 is 11.5 Å². The summed E-state index contributed by atoms with van der Waals surface area (Å²) in [6.45, 7) is 4.14. The maximum absolute atomic E-state index is 9.14. The van der Waals surface area contributed by atoms with Crippen molar-refractivity contribution >= 4 is 22.4 Å². The molecule has 2 aliphatic rings. The van der Waals surface area contributed by atoms with Crippen molar-refractivity contribution in [3.8, 4) is 6.07 Å². The van der Waals surface area contributed by atoms with Gasteiger partial charge in [0.05, 0.1) is 0 Å². The molecule has 2 N–H and O–H groups in total. The molecule has 1 aliphatic heterocycles. The quantitative estimate of drug-likeness (QED) is 0.890. The van der Waals surface area contributed by atoms with Crippen LogP contribution in [-0.4, -0.2) is 41.5 Å². The predicted molar refractivity (Wildman–Crippen MR) is 77.3 cm³/mol. The van der Waals surface area contributed by atoms with Crippen LogP contribution < -0.4 is 10.6 Å². The van der Waals surface area contributed by atoms with Gasteiger partial charge in [-0.05, 0) is 24.4 Å². The topological polar surface area (TPSA) is 69.2 Å². The third-order valence-corrected chi connectivity index (χ3v) is 5.18. The average Bonchev–Trinajstić information content (AvgIpc) is 3.08. The molecule has 2 fully saturated rings. The first-order chi connectivity index (χ1) is 9.29. The lowest BCUT2D eigenvalue weighted by atomic mass is 10.2. The van der Waals surface area contributed by atoms with Crippen molar-refractivity contribution in [2.75, 3.05) is 36.8 Å². The van der Waals surface area contributed by atoms with Crippen molar-refractivity contribution in [2.45, 2.75) is 31.7 Å². The van der Waals surface area contributed by atoms with E-state index in [-0.39, 0.29) is 0 Å². The van der Waals surface area contributed by atoms with Gasteiger partial charge in [0.15, 0.2) is 5.82 Å². The fourth-order valence-corrected chi connectivity index (χ4v) is 3.99. The second-order valence-corrected chi connectivity index (χ2v) is 6.07. The van der Waals surface area contributed by atoms with Crippen molar-refractivity contribution in [1.82, 2.24) is 9.27 Å². The lowest BCUT2D eigenvalue weighted by molar-refractivity contribution is 0.188. The molecule has 6 heteroatoms. The number of piperazine rings is 1. The predicted octanol–water partition coefficient (Wildman–Crippen LogP) is 1.66. The zero-order chi connectivity index (χ0) is 13.2. The van der Waals surface area contributed by atoms with Gasteiger partial charge in [-0.3, -0.25) is 4.90 Å². The molecule has 102 valence electrons. The second-order valence-electron chi connectivity index (χ2n) is 5.32. The molecule has 0 spiro atoms. The van der Waals surface area contributed by atoms with Gasteiger partial charge < -0.3 is 10.6 Å². The van der Waals surface area contributed by atoms with Gasteiger partial charge in [0.2, 0.25) is 0 Å². The van der Waals surface area contributed by atoms with Crippen LogP contribution in [0.15, 0.2) is 0 Å². The van der Waals surface area contributed by atoms with Crippen molar-refractivity contribution in [2.24, 2.45) is 0 Å². The Hall–Kier alpha value is -1.32. The minimum atomic E-state index is 0.376. The highest BCUT2D eigenvalue weighted by molar-refractivity contribution is 7.10. The average molecular weight is 277 g/mol. The SMILES string of the molecule is N#Cc1c(N)nsc1N1CCN(C2CCCC2)CC1. The summed E-state index contributed by atoms with van der Waals surface area (Å²) in [6, 6.07) is 2.97. The minimum absolute atomic E-state index is 0.376. The normalized spacial score (nSPS) is 21.7. The molecule has 1 saturated heterocycles. The van der Waals surface area contributed by atoms with Gasteiger partial charge in [0.25, 0.3) is 0 Å². The van der Waals surface area contributed by atoms with Crippen LogP contribution in [0.3, 0.4) is 0 Å². The Morgan fingerprint density at radius 1 is 1.21 bits per heavy atom. The van der Waals surface area contributed by atoms with Crippen molar-refractivity contribution < 1.29 is 0 Å². The number of nitrogen functional groups attached to an aromatic ring is 1. The Morgan fingerprint density at radius 2 is 1.89 bits per heavy atom. The van der Waals surface area contributed by atoms with Crippen LogP contribution in [0, 0.1) is 11.3 Å². The van der Waals surface area contributed by atoms with Crippen LogP contribution in [0.2, 0.25) is 0 Å². The Labute approximate surface area is 117 Å². The van der Waals surface area contributed by atoms with Crippen LogP contribution in [0.5, 0.6) is 0 Å². The maximum Gasteiger partial charge on any atom is 0.157 e. The molecule has 1 aromatic heterocycles. The van der Waals surface area contributed by atoms with E-state index in [1.54, 1.807) is 0 Å². The standard InChI is InChI=1S/C13H19N5S/c14-9-11-12(15)16-19-13(11)18-7-5-17(6-8-18)10-3-1-2-4-10/h10H,1-8H2,(H2,15,16). The summed E-state index contributed by atoms with van der Waals surface area (Å²) >= 11 is 1.35. The lowest BCUT2D eigenvalue weighted by Gasteiger charge is -2.38. The smallest absolute Gasteiger partial charge is 0.157 e. The molecule has 1 saturated carbocycles. The van der Waals surface area contributed by atoms with E-state index in [0.29, 0.717) is 11.4 Å². The lowest BCUT2D eigenvalue weighted by Crippen LogP contribution is -2.49. The first kappa shape index (κ1) is 12.7. The largest absolute Gasteiger partial charge is 0.382 e. The van der Waals surface area contributed by atoms with Gasteiger partial charge in [-0.2, -0.15) is 9.64 Å². The first-order valence-corrected chi connectivity index (χ1v) is 7.71. The van der Waals surface area contributed by atoms with E-state index in [4.69, 9.17) is 11.0 Å². The Bertz CT molecular complexity index is 478. The van der Waals surface area contributed by atoms with Gasteiger partial charge >= 0.3 is 0 Å². The van der Waals surface area contributed by atoms with E-state index in [1.807, 2.05) is 0 Å². The molecule has 2 heterocycles. The van der Waals surface area contributed by atoms with Crippen LogP contribution in [-0.2, 0) is 0 Å². The van der Waals surface area contributed by atoms with E-state index >= 15 is 0 Å². The van der Waals surface area contributed by atoms with Crippen molar-refractivity contribution in [3.05, 3.63) is 5.56 Å². The monoisotopic (exact) mass is 277 g/mol. The van der Waals surface area contributed by atoms with Crippen molar-refractivity contribution in [1.29, 1.82) is 5.26 Å². The third-order valence-electron chi connectivity index (χ3n) is 4.25. The molecule has 19 heavy (non-hydrogen) atoms. The number of anilines is 2. The highest BCUT2D eigenvalue weighted by atomic mass is 32.1. The molecule has 3 rings (SSSR count). The highest BCUT2D eigenvalue weighted by Crippen LogP contribution is 2.31. The number of aromatic nitrogens is 1. The Morgan fingerprint density at radius 3 is 2.53 bits per heavy atom. The number of nitriles is 1. The van der Waals surface area contributed by atoms with Gasteiger partial charge in [-0.25, -0.2) is 0 Å². The van der Waals surface area contributed by atoms with Gasteiger partial charge in [-0.1, -0.05) is 12.8 Å². The van der Waals surface area contributed by atoms with E-state index in [9.17, 15) is 0 Å². The molecule has 1 aromatic rings. The molecule has 5 nitrogen and oxygen atoms in total. The molecule has 0 bridgehead atoms. The fraction of sp³-hybridized carbons (Fsp3) is 0.692. The summed E-state index contributed by atoms with van der Waals surface area (Å²) in [5.74, 6) is 0.376. The zero-order valence-electron chi connectivity index (χ0n) is 11.0. The molecular formula is C13H19N5S. The number of nitrogens with two attached hydrogens (primary N) is 1. The van der Waals surface area contributed by atoms with Gasteiger partial charge in [0, 0.05) is 32.2 Å². The maximum atomic E-state index is 9.14. The summed E-state index contributed by atoms with van der Waals surface area (Å²) in [5.41, 5.74) is 6.28. The molecule has 0 atom stereocenters. The fourth-order valence-electron chi connectivity index (χ4n) is 3.17. The number of nitrogens with zero attached hydrogens (tertiary/aromatic N) is 4. The molecule has 0 amide bonds. The van der Waals surface area contributed by atoms with Crippen LogP contribution in [0.1, 0.15) is 31.2 Å². The first-order valence-electron chi connectivity index (χ1n) is 6.94. The summed E-state index contributed by atoms with van der Waals surface area (Å²) in [4.78, 5) is 4.87. The van der Waals surface area contributed by atoms with Gasteiger partial charge in [-0.15, -0.1) is 0 Å². The molecular weight excluding hydrogens is 258 g/mol. The molecule has 0 radical (unpaired) electrons. The number of hydrogen-bond acceptors (Lipinski definition) is 6. The van der Waals surface area contributed by atoms with Crippen molar-refractivity contribution in [3.63, 3.8) is 0 Å². The zero-order valence-corrected chi connectivity index (χ0v) is 11.8. The van der Waals surface area contributed by atoms with E-state index < -0.39 is 0 Å². The highest BCUT2D eigenvalue weighted by Gasteiger charge is 2.28. The third kappa shape index (κ3) is 2.40. The molecule has 1 aliphatic carbocycles. The van der Waals surface area contributed by atoms with Gasteiger partial charge in [0.1, 0.15) is 16.6 Å². The van der Waals surface area contributed by atoms with Crippen LogP contribution in [0.4, 0.5) is 10.8 Å². The Balaban J connectivity index is 1.65. The molecule has 0 unspecified atom stereocenters. The van der Waals surface area contributed by atoms with E-state index in [0.717, 1.165) is 37.2 Å². The summed E-state index contributed by atoms with van der Waals surface area (Å²) in [6.07, 6.45) is 5.48. The second kappa shape index (κ2) is 5.35. The summed E-state index contributed by atoms with van der Waals surface area (Å²) < 4.78 is 4.10. The summed E-state index contributed by atoms with van der Waals surface area (Å²) in [5, 5.41) is 10.1. The van der Waals surface area contributed by atoms with Crippen LogP contribution in [0.25, 0.3) is 0 Å². The number of rotatable bonds is 2. The Kier molecular flexibility index (Phi) is 3.58. The van der Waals surface area contributed by atoms with E-state index in [1.165, 1.54) is 37.2 Å². The van der Waals surface area contributed by atoms with E-state index in [2.05, 4.69) is 20.2 Å². The summed E-state index contributed by atoms with van der Waals surface area (Å²) in [7, 11) is 0. The molecule has 0 aromatic carbocycles. The number of hydrogen-bond donors (Lipinski definition) is 1.